The lowest BCUT2D eigenvalue weighted by molar-refractivity contribution is -0.384. The first-order valence-electron chi connectivity index (χ1n) is 4.91. The smallest absolute Gasteiger partial charge is 0.270 e. The van der Waals surface area contributed by atoms with E-state index in [1.54, 1.807) is 13.8 Å². The van der Waals surface area contributed by atoms with E-state index in [2.05, 4.69) is 5.16 Å². The molecule has 88 valence electrons. The Labute approximate surface area is 96.6 Å². The van der Waals surface area contributed by atoms with Crippen LogP contribution in [-0.2, 0) is 0 Å². The molecule has 6 heteroatoms. The Bertz CT molecular complexity index is 570. The first kappa shape index (κ1) is 11.1. The summed E-state index contributed by atoms with van der Waals surface area (Å²) >= 11 is 0. The molecular formula is C11H10N2O4. The second-order valence-corrected chi connectivity index (χ2v) is 3.66. The highest BCUT2D eigenvalue weighted by atomic mass is 16.6. The second-order valence-electron chi connectivity index (χ2n) is 3.66. The molecule has 1 heterocycles. The third kappa shape index (κ3) is 1.84. The molecule has 0 unspecified atom stereocenters. The van der Waals surface area contributed by atoms with Gasteiger partial charge in [-0.25, -0.2) is 0 Å². The van der Waals surface area contributed by atoms with Crippen molar-refractivity contribution in [2.45, 2.75) is 13.8 Å². The van der Waals surface area contributed by atoms with Crippen LogP contribution in [0.2, 0.25) is 0 Å². The summed E-state index contributed by atoms with van der Waals surface area (Å²) < 4.78 is 4.97. The van der Waals surface area contributed by atoms with Gasteiger partial charge in [0.25, 0.3) is 5.69 Å². The number of aromatic nitrogens is 1. The molecule has 0 aliphatic heterocycles. The number of nitrogens with zero attached hydrogens (tertiary/aromatic N) is 2. The summed E-state index contributed by atoms with van der Waals surface area (Å²) in [6.45, 7) is 3.40. The Hall–Kier alpha value is -2.37. The van der Waals surface area contributed by atoms with Crippen LogP contribution < -0.4 is 0 Å². The highest BCUT2D eigenvalue weighted by Crippen LogP contribution is 2.36. The summed E-state index contributed by atoms with van der Waals surface area (Å²) in [4.78, 5) is 10.2. The van der Waals surface area contributed by atoms with Gasteiger partial charge in [-0.05, 0) is 19.9 Å². The van der Waals surface area contributed by atoms with Crippen molar-refractivity contribution in [3.05, 3.63) is 39.8 Å². The number of rotatable bonds is 2. The Kier molecular flexibility index (Phi) is 2.55. The molecule has 0 bridgehead atoms. The standard InChI is InChI=1S/C11H10N2O4/c1-6-11(7(2)17-12-6)9-5-8(13(15)16)3-4-10(9)14/h3-5,14H,1-2H3. The molecule has 0 saturated heterocycles. The minimum atomic E-state index is -0.513. The molecule has 6 nitrogen and oxygen atoms in total. The fraction of sp³-hybridized carbons (Fsp3) is 0.182. The number of aryl methyl sites for hydroxylation is 2. The average Bonchev–Trinajstić information content (AvgIpc) is 2.59. The summed E-state index contributed by atoms with van der Waals surface area (Å²) in [7, 11) is 0. The van der Waals surface area contributed by atoms with Crippen LogP contribution in [0.25, 0.3) is 11.1 Å². The van der Waals surface area contributed by atoms with Crippen molar-refractivity contribution in [1.82, 2.24) is 5.16 Å². The van der Waals surface area contributed by atoms with E-state index >= 15 is 0 Å². The van der Waals surface area contributed by atoms with Crippen molar-refractivity contribution < 1.29 is 14.6 Å². The van der Waals surface area contributed by atoms with Gasteiger partial charge in [-0.15, -0.1) is 0 Å². The van der Waals surface area contributed by atoms with Gasteiger partial charge < -0.3 is 9.63 Å². The SMILES string of the molecule is Cc1noc(C)c1-c1cc([N+](=O)[O-])ccc1O. The van der Waals surface area contributed by atoms with Gasteiger partial charge in [0.1, 0.15) is 11.5 Å². The number of non-ortho nitro benzene ring substituents is 1. The van der Waals surface area contributed by atoms with Gasteiger partial charge in [0, 0.05) is 17.7 Å². The molecule has 17 heavy (non-hydrogen) atoms. The lowest BCUT2D eigenvalue weighted by atomic mass is 10.0. The van der Waals surface area contributed by atoms with Crippen LogP contribution in [0.1, 0.15) is 11.5 Å². The maximum Gasteiger partial charge on any atom is 0.270 e. The topological polar surface area (TPSA) is 89.4 Å². The average molecular weight is 234 g/mol. The van der Waals surface area contributed by atoms with Crippen LogP contribution in [0.15, 0.2) is 22.7 Å². The highest BCUT2D eigenvalue weighted by molar-refractivity contribution is 5.75. The van der Waals surface area contributed by atoms with E-state index in [4.69, 9.17) is 4.52 Å². The molecule has 2 rings (SSSR count). The number of benzene rings is 1. The fourth-order valence-corrected chi connectivity index (χ4v) is 1.71. The Morgan fingerprint density at radius 3 is 2.65 bits per heavy atom. The van der Waals surface area contributed by atoms with Crippen LogP contribution >= 0.6 is 0 Å². The quantitative estimate of drug-likeness (QED) is 0.637. The van der Waals surface area contributed by atoms with Crippen molar-refractivity contribution in [1.29, 1.82) is 0 Å². The van der Waals surface area contributed by atoms with Gasteiger partial charge >= 0.3 is 0 Å². The van der Waals surface area contributed by atoms with Gasteiger partial charge in [0.05, 0.1) is 16.2 Å². The third-order valence-electron chi connectivity index (χ3n) is 2.49. The molecular weight excluding hydrogens is 224 g/mol. The maximum atomic E-state index is 10.7. The van der Waals surface area contributed by atoms with Gasteiger partial charge in [0.2, 0.25) is 0 Å². The zero-order valence-electron chi connectivity index (χ0n) is 9.30. The number of nitro benzene ring substituents is 1. The molecule has 0 aliphatic carbocycles. The molecule has 1 aromatic heterocycles. The van der Waals surface area contributed by atoms with Gasteiger partial charge in [-0.2, -0.15) is 0 Å². The summed E-state index contributed by atoms with van der Waals surface area (Å²) in [5, 5.41) is 24.2. The molecule has 1 aromatic carbocycles. The van der Waals surface area contributed by atoms with Gasteiger partial charge in [0.15, 0.2) is 0 Å². The lowest BCUT2D eigenvalue weighted by Crippen LogP contribution is -1.90. The van der Waals surface area contributed by atoms with Crippen LogP contribution in [-0.4, -0.2) is 15.2 Å². The van der Waals surface area contributed by atoms with E-state index in [-0.39, 0.29) is 11.4 Å². The largest absolute Gasteiger partial charge is 0.507 e. The zero-order chi connectivity index (χ0) is 12.6. The van der Waals surface area contributed by atoms with E-state index in [1.165, 1.54) is 18.2 Å². The molecule has 0 saturated carbocycles. The first-order chi connectivity index (χ1) is 8.00. The molecule has 0 aliphatic rings. The molecule has 0 amide bonds. The van der Waals surface area contributed by atoms with Crippen molar-refractivity contribution in [3.8, 4) is 16.9 Å². The summed E-state index contributed by atoms with van der Waals surface area (Å²) in [6, 6.07) is 3.85. The predicted octanol–water partition coefficient (Wildman–Crippen LogP) is 2.57. The van der Waals surface area contributed by atoms with Crippen molar-refractivity contribution in [3.63, 3.8) is 0 Å². The van der Waals surface area contributed by atoms with Crippen LogP contribution in [0.5, 0.6) is 5.75 Å². The van der Waals surface area contributed by atoms with Crippen LogP contribution in [0.3, 0.4) is 0 Å². The van der Waals surface area contributed by atoms with E-state index in [0.717, 1.165) is 0 Å². The number of phenols is 1. The first-order valence-corrected chi connectivity index (χ1v) is 4.91. The summed E-state index contributed by atoms with van der Waals surface area (Å²) in [5.41, 5.74) is 1.44. The molecule has 0 fully saturated rings. The van der Waals surface area contributed by atoms with Crippen molar-refractivity contribution in [2.75, 3.05) is 0 Å². The fourth-order valence-electron chi connectivity index (χ4n) is 1.71. The van der Waals surface area contributed by atoms with E-state index in [0.29, 0.717) is 22.6 Å². The Morgan fingerprint density at radius 1 is 1.41 bits per heavy atom. The molecule has 1 N–H and O–H groups in total. The highest BCUT2D eigenvalue weighted by Gasteiger charge is 2.18. The monoisotopic (exact) mass is 234 g/mol. The number of aromatic hydroxyl groups is 1. The molecule has 0 radical (unpaired) electrons. The van der Waals surface area contributed by atoms with Crippen molar-refractivity contribution >= 4 is 5.69 Å². The third-order valence-corrected chi connectivity index (χ3v) is 2.49. The Morgan fingerprint density at radius 2 is 2.12 bits per heavy atom. The normalized spacial score (nSPS) is 10.5. The number of hydrogen-bond acceptors (Lipinski definition) is 5. The zero-order valence-corrected chi connectivity index (χ0v) is 9.30. The van der Waals surface area contributed by atoms with Crippen LogP contribution in [0, 0.1) is 24.0 Å². The van der Waals surface area contributed by atoms with Crippen molar-refractivity contribution in [2.24, 2.45) is 0 Å². The summed E-state index contributed by atoms with van der Waals surface area (Å²) in [6.07, 6.45) is 0. The van der Waals surface area contributed by atoms with E-state index < -0.39 is 4.92 Å². The molecule has 0 spiro atoms. The molecule has 0 atom stereocenters. The number of hydrogen-bond donors (Lipinski definition) is 1. The van der Waals surface area contributed by atoms with Gasteiger partial charge in [-0.3, -0.25) is 10.1 Å². The van der Waals surface area contributed by atoms with Crippen LogP contribution in [0.4, 0.5) is 5.69 Å². The van der Waals surface area contributed by atoms with E-state index in [9.17, 15) is 15.2 Å². The number of phenolic OH excluding ortho intramolecular Hbond substituents is 1. The summed E-state index contributed by atoms with van der Waals surface area (Å²) in [5.74, 6) is 0.475. The lowest BCUT2D eigenvalue weighted by Gasteiger charge is -2.03. The maximum absolute atomic E-state index is 10.7. The minimum Gasteiger partial charge on any atom is -0.507 e. The molecule has 2 aromatic rings. The minimum absolute atomic E-state index is 0.0370. The Balaban J connectivity index is 2.66. The van der Waals surface area contributed by atoms with Gasteiger partial charge in [-0.1, -0.05) is 5.16 Å². The predicted molar refractivity (Wildman–Crippen MR) is 59.7 cm³/mol. The number of nitro groups is 1. The van der Waals surface area contributed by atoms with E-state index in [1.807, 2.05) is 0 Å². The second kappa shape index (κ2) is 3.89.